The van der Waals surface area contributed by atoms with Crippen LogP contribution in [0.5, 0.6) is 17.2 Å². The third-order valence-corrected chi connectivity index (χ3v) is 7.69. The average Bonchev–Trinajstić information content (AvgIpc) is 3.16. The average molecular weight is 580 g/mol. The molecule has 1 heterocycles. The lowest BCUT2D eigenvalue weighted by Gasteiger charge is -2.17. The monoisotopic (exact) mass is 579 g/mol. The third kappa shape index (κ3) is 7.01. The molecule has 0 atom stereocenters. The van der Waals surface area contributed by atoms with Gasteiger partial charge in [-0.3, -0.25) is 14.5 Å². The van der Waals surface area contributed by atoms with Crippen LogP contribution >= 0.6 is 23.4 Å². The van der Waals surface area contributed by atoms with E-state index in [2.05, 4.69) is 26.0 Å². The van der Waals surface area contributed by atoms with E-state index in [1.807, 2.05) is 51.1 Å². The summed E-state index contributed by atoms with van der Waals surface area (Å²) in [7, 11) is 0. The number of imide groups is 1. The smallest absolute Gasteiger partial charge is 0.293 e. The SMILES string of the molecule is CCOc1cc(/C=C2\SC(=O)N(CCOc3cc(C)ccc3C(C)C)C2=O)cc(Cl)c1OCc1ccccc1C. The second-order valence-corrected chi connectivity index (χ2v) is 11.3. The summed E-state index contributed by atoms with van der Waals surface area (Å²) in [6, 6.07) is 17.5. The van der Waals surface area contributed by atoms with Gasteiger partial charge in [0, 0.05) is 0 Å². The van der Waals surface area contributed by atoms with Crippen molar-refractivity contribution in [3.63, 3.8) is 0 Å². The molecule has 0 aliphatic carbocycles. The summed E-state index contributed by atoms with van der Waals surface area (Å²) in [4.78, 5) is 27.3. The van der Waals surface area contributed by atoms with Crippen LogP contribution in [0.1, 0.15) is 54.5 Å². The fraction of sp³-hybridized carbons (Fsp3) is 0.312. The largest absolute Gasteiger partial charge is 0.491 e. The van der Waals surface area contributed by atoms with Crippen LogP contribution in [0.15, 0.2) is 59.5 Å². The van der Waals surface area contributed by atoms with E-state index in [0.29, 0.717) is 46.1 Å². The number of hydrogen-bond acceptors (Lipinski definition) is 6. The Kier molecular flexibility index (Phi) is 9.82. The zero-order valence-electron chi connectivity index (χ0n) is 23.5. The van der Waals surface area contributed by atoms with Gasteiger partial charge in [-0.1, -0.05) is 61.8 Å². The molecule has 0 spiro atoms. The van der Waals surface area contributed by atoms with Crippen molar-refractivity contribution in [2.45, 2.75) is 47.1 Å². The van der Waals surface area contributed by atoms with Crippen LogP contribution in [0, 0.1) is 13.8 Å². The number of carbonyl (C=O) groups excluding carboxylic acids is 2. The molecule has 4 rings (SSSR count). The first-order valence-corrected chi connectivity index (χ1v) is 14.5. The number of ether oxygens (including phenoxy) is 3. The van der Waals surface area contributed by atoms with E-state index in [9.17, 15) is 9.59 Å². The van der Waals surface area contributed by atoms with Crippen LogP contribution in [0.2, 0.25) is 5.02 Å². The summed E-state index contributed by atoms with van der Waals surface area (Å²) >= 11 is 7.51. The molecule has 40 heavy (non-hydrogen) atoms. The fourth-order valence-electron chi connectivity index (χ4n) is 4.33. The van der Waals surface area contributed by atoms with Gasteiger partial charge in [0.2, 0.25) is 0 Å². The van der Waals surface area contributed by atoms with Gasteiger partial charge in [-0.15, -0.1) is 0 Å². The topological polar surface area (TPSA) is 65.1 Å². The van der Waals surface area contributed by atoms with Crippen molar-refractivity contribution in [1.82, 2.24) is 4.90 Å². The maximum absolute atomic E-state index is 13.1. The molecule has 0 saturated carbocycles. The van der Waals surface area contributed by atoms with Gasteiger partial charge in [-0.25, -0.2) is 0 Å². The Balaban J connectivity index is 1.47. The van der Waals surface area contributed by atoms with E-state index >= 15 is 0 Å². The number of nitrogens with zero attached hydrogens (tertiary/aromatic N) is 1. The van der Waals surface area contributed by atoms with Gasteiger partial charge in [-0.05, 0) is 90.5 Å². The zero-order valence-corrected chi connectivity index (χ0v) is 25.0. The van der Waals surface area contributed by atoms with Gasteiger partial charge in [0.05, 0.1) is 23.1 Å². The van der Waals surface area contributed by atoms with Gasteiger partial charge >= 0.3 is 0 Å². The Hall–Kier alpha value is -3.42. The number of hydrogen-bond donors (Lipinski definition) is 0. The molecule has 1 aliphatic rings. The highest BCUT2D eigenvalue weighted by Crippen LogP contribution is 2.39. The minimum Gasteiger partial charge on any atom is -0.491 e. The Bertz CT molecular complexity index is 1430. The summed E-state index contributed by atoms with van der Waals surface area (Å²) < 4.78 is 17.9. The molecule has 0 radical (unpaired) electrons. The predicted octanol–water partition coefficient (Wildman–Crippen LogP) is 8.17. The molecule has 3 aromatic carbocycles. The van der Waals surface area contributed by atoms with Crippen LogP contribution in [0.25, 0.3) is 6.08 Å². The maximum Gasteiger partial charge on any atom is 0.293 e. The summed E-state index contributed by atoms with van der Waals surface area (Å²) in [6.07, 6.45) is 1.66. The van der Waals surface area contributed by atoms with Crippen LogP contribution in [0.4, 0.5) is 4.79 Å². The molecule has 8 heteroatoms. The lowest BCUT2D eigenvalue weighted by atomic mass is 10.0. The summed E-state index contributed by atoms with van der Waals surface area (Å²) in [5, 5.41) is 0.0278. The van der Waals surface area contributed by atoms with Crippen molar-refractivity contribution < 1.29 is 23.8 Å². The first kappa shape index (κ1) is 29.6. The Labute approximate surface area is 245 Å². The number of halogens is 1. The number of benzene rings is 3. The quantitative estimate of drug-likeness (QED) is 0.213. The van der Waals surface area contributed by atoms with Gasteiger partial charge < -0.3 is 14.2 Å². The second kappa shape index (κ2) is 13.3. The summed E-state index contributed by atoms with van der Waals surface area (Å²) in [5.74, 6) is 1.62. The van der Waals surface area contributed by atoms with Crippen LogP contribution < -0.4 is 14.2 Å². The van der Waals surface area contributed by atoms with E-state index in [4.69, 9.17) is 25.8 Å². The highest BCUT2D eigenvalue weighted by molar-refractivity contribution is 8.18. The van der Waals surface area contributed by atoms with Gasteiger partial charge in [0.25, 0.3) is 11.1 Å². The lowest BCUT2D eigenvalue weighted by Crippen LogP contribution is -2.32. The van der Waals surface area contributed by atoms with Crippen molar-refractivity contribution in [3.8, 4) is 17.2 Å². The molecule has 0 bridgehead atoms. The highest BCUT2D eigenvalue weighted by atomic mass is 35.5. The molecule has 1 aliphatic heterocycles. The van der Waals surface area contributed by atoms with E-state index < -0.39 is 0 Å². The van der Waals surface area contributed by atoms with Gasteiger partial charge in [-0.2, -0.15) is 0 Å². The Morgan fingerprint density at radius 2 is 1.75 bits per heavy atom. The van der Waals surface area contributed by atoms with Crippen LogP contribution in [-0.2, 0) is 11.4 Å². The fourth-order valence-corrected chi connectivity index (χ4v) is 5.47. The minimum atomic E-state index is -0.360. The third-order valence-electron chi connectivity index (χ3n) is 6.50. The maximum atomic E-state index is 13.1. The number of amides is 2. The van der Waals surface area contributed by atoms with Crippen molar-refractivity contribution in [2.75, 3.05) is 19.8 Å². The molecule has 1 saturated heterocycles. The summed E-state index contributed by atoms with van der Waals surface area (Å²) in [6.45, 7) is 11.2. The van der Waals surface area contributed by atoms with Gasteiger partial charge in [0.1, 0.15) is 19.0 Å². The number of thioether (sulfide) groups is 1. The highest BCUT2D eigenvalue weighted by Gasteiger charge is 2.35. The predicted molar refractivity (Wildman–Crippen MR) is 162 cm³/mol. The second-order valence-electron chi connectivity index (χ2n) is 9.86. The zero-order chi connectivity index (χ0) is 28.8. The van der Waals surface area contributed by atoms with E-state index in [-0.39, 0.29) is 24.3 Å². The first-order chi connectivity index (χ1) is 19.2. The van der Waals surface area contributed by atoms with E-state index in [1.165, 1.54) is 4.90 Å². The summed E-state index contributed by atoms with van der Waals surface area (Å²) in [5.41, 5.74) is 4.98. The number of aryl methyl sites for hydroxylation is 2. The van der Waals surface area contributed by atoms with E-state index in [0.717, 1.165) is 39.8 Å². The van der Waals surface area contributed by atoms with Crippen molar-refractivity contribution in [2.24, 2.45) is 0 Å². The molecular weight excluding hydrogens is 546 g/mol. The lowest BCUT2D eigenvalue weighted by molar-refractivity contribution is -0.123. The minimum absolute atomic E-state index is 0.157. The molecule has 2 amide bonds. The Morgan fingerprint density at radius 1 is 0.975 bits per heavy atom. The molecule has 6 nitrogen and oxygen atoms in total. The van der Waals surface area contributed by atoms with Crippen molar-refractivity contribution >= 4 is 40.6 Å². The molecule has 210 valence electrons. The molecule has 0 aromatic heterocycles. The Morgan fingerprint density at radius 3 is 2.48 bits per heavy atom. The van der Waals surface area contributed by atoms with Crippen LogP contribution in [0.3, 0.4) is 0 Å². The molecular formula is C32H34ClNO5S. The standard InChI is InChI=1S/C32H34ClNO5S/c1-6-37-28-17-23(16-26(33)30(28)39-19-24-10-8-7-9-22(24)5)18-29-31(35)34(32(36)40-29)13-14-38-27-15-21(4)11-12-25(27)20(2)3/h7-12,15-18,20H,6,13-14,19H2,1-5H3/b29-18-. The van der Waals surface area contributed by atoms with Crippen molar-refractivity contribution in [3.05, 3.63) is 92.3 Å². The molecule has 0 N–H and O–H groups in total. The number of rotatable bonds is 11. The van der Waals surface area contributed by atoms with Crippen LogP contribution in [-0.4, -0.2) is 35.8 Å². The molecule has 0 unspecified atom stereocenters. The molecule has 1 fully saturated rings. The van der Waals surface area contributed by atoms with Gasteiger partial charge in [0.15, 0.2) is 11.5 Å². The van der Waals surface area contributed by atoms with E-state index in [1.54, 1.807) is 18.2 Å². The molecule has 3 aromatic rings. The van der Waals surface area contributed by atoms with Crippen molar-refractivity contribution in [1.29, 1.82) is 0 Å². The first-order valence-electron chi connectivity index (χ1n) is 13.3. The normalized spacial score (nSPS) is 14.4. The number of carbonyl (C=O) groups is 2.